The van der Waals surface area contributed by atoms with Crippen LogP contribution >= 0.6 is 7.26 Å². The smallest absolute Gasteiger partial charge is 0.116 e. The molecule has 1 nitrogen and oxygen atoms in total. The molecule has 4 aromatic rings. The number of halogens is 1. The molecule has 0 saturated heterocycles. The van der Waals surface area contributed by atoms with Gasteiger partial charge in [-0.25, -0.2) is 0 Å². The summed E-state index contributed by atoms with van der Waals surface area (Å²) in [7, 11) is 2.35. The SMILES string of the molecule is CN(C)c1ccc(C[P+](c2ccccc2)(c2ccccc2)c2ccccc2)cc1.[Br-]. The molecule has 0 radical (unpaired) electrons. The zero-order valence-electron chi connectivity index (χ0n) is 17.4. The maximum absolute atomic E-state index is 2.31. The molecule has 152 valence electrons. The highest BCUT2D eigenvalue weighted by molar-refractivity contribution is 7.95. The van der Waals surface area contributed by atoms with Gasteiger partial charge >= 0.3 is 0 Å². The summed E-state index contributed by atoms with van der Waals surface area (Å²) in [5.74, 6) is 0. The average molecular weight is 476 g/mol. The molecule has 4 aromatic carbocycles. The minimum Gasteiger partial charge on any atom is -1.00 e. The maximum Gasteiger partial charge on any atom is 0.116 e. The van der Waals surface area contributed by atoms with E-state index in [0.717, 1.165) is 6.16 Å². The number of hydrogen-bond donors (Lipinski definition) is 0. The molecule has 0 N–H and O–H groups in total. The Balaban J connectivity index is 0.00000256. The van der Waals surface area contributed by atoms with E-state index in [0.29, 0.717) is 0 Å². The summed E-state index contributed by atoms with van der Waals surface area (Å²) in [6, 6.07) is 42.2. The van der Waals surface area contributed by atoms with Crippen LogP contribution in [0.25, 0.3) is 0 Å². The van der Waals surface area contributed by atoms with E-state index in [9.17, 15) is 0 Å². The van der Waals surface area contributed by atoms with E-state index in [-0.39, 0.29) is 17.0 Å². The van der Waals surface area contributed by atoms with E-state index < -0.39 is 7.26 Å². The van der Waals surface area contributed by atoms with Crippen molar-refractivity contribution in [2.75, 3.05) is 19.0 Å². The van der Waals surface area contributed by atoms with E-state index in [1.54, 1.807) is 0 Å². The van der Waals surface area contributed by atoms with Crippen LogP contribution in [0.5, 0.6) is 0 Å². The fraction of sp³-hybridized carbons (Fsp3) is 0.111. The molecule has 0 aromatic heterocycles. The first-order valence-corrected chi connectivity index (χ1v) is 12.0. The summed E-state index contributed by atoms with van der Waals surface area (Å²) < 4.78 is 0. The van der Waals surface area contributed by atoms with Gasteiger partial charge in [0.15, 0.2) is 0 Å². The predicted molar refractivity (Wildman–Crippen MR) is 130 cm³/mol. The fourth-order valence-corrected chi connectivity index (χ4v) is 8.19. The Bertz CT molecular complexity index is 936. The zero-order chi connectivity index (χ0) is 20.1. The molecule has 0 aliphatic heterocycles. The molecular formula is C27H27BrNP. The molecule has 0 aliphatic rings. The Kier molecular flexibility index (Phi) is 7.48. The van der Waals surface area contributed by atoms with E-state index in [4.69, 9.17) is 0 Å². The Morgan fingerprint density at radius 1 is 0.533 bits per heavy atom. The molecule has 0 fully saturated rings. The van der Waals surface area contributed by atoms with Gasteiger partial charge in [-0.05, 0) is 54.1 Å². The van der Waals surface area contributed by atoms with E-state index in [1.807, 2.05) is 0 Å². The summed E-state index contributed by atoms with van der Waals surface area (Å²) in [5, 5.41) is 4.28. The van der Waals surface area contributed by atoms with Crippen molar-refractivity contribution in [2.24, 2.45) is 0 Å². The second-order valence-corrected chi connectivity index (χ2v) is 11.0. The van der Waals surface area contributed by atoms with Crippen LogP contribution in [0.2, 0.25) is 0 Å². The van der Waals surface area contributed by atoms with Crippen LogP contribution in [-0.4, -0.2) is 14.1 Å². The molecular weight excluding hydrogens is 449 g/mol. The van der Waals surface area contributed by atoms with Gasteiger partial charge in [-0.15, -0.1) is 0 Å². The molecule has 0 aliphatic carbocycles. The van der Waals surface area contributed by atoms with Crippen LogP contribution in [0.1, 0.15) is 5.56 Å². The molecule has 0 atom stereocenters. The topological polar surface area (TPSA) is 3.24 Å². The van der Waals surface area contributed by atoms with Crippen molar-refractivity contribution in [3.05, 3.63) is 121 Å². The molecule has 3 heteroatoms. The Labute approximate surface area is 191 Å². The quantitative estimate of drug-likeness (QED) is 0.386. The van der Waals surface area contributed by atoms with Crippen LogP contribution < -0.4 is 37.8 Å². The van der Waals surface area contributed by atoms with Gasteiger partial charge in [-0.3, -0.25) is 0 Å². The fourth-order valence-electron chi connectivity index (χ4n) is 3.94. The van der Waals surface area contributed by atoms with Crippen LogP contribution in [-0.2, 0) is 6.16 Å². The largest absolute Gasteiger partial charge is 1.00 e. The maximum atomic E-state index is 2.31. The molecule has 0 spiro atoms. The monoisotopic (exact) mass is 475 g/mol. The first-order valence-electron chi connectivity index (χ1n) is 10.0. The molecule has 30 heavy (non-hydrogen) atoms. The molecule has 0 saturated carbocycles. The number of rotatable bonds is 6. The summed E-state index contributed by atoms with van der Waals surface area (Å²) >= 11 is 0. The van der Waals surface area contributed by atoms with E-state index >= 15 is 0 Å². The van der Waals surface area contributed by atoms with Gasteiger partial charge in [-0.2, -0.15) is 0 Å². The Morgan fingerprint density at radius 3 is 1.23 bits per heavy atom. The van der Waals surface area contributed by atoms with Crippen LogP contribution in [0.3, 0.4) is 0 Å². The predicted octanol–water partition coefficient (Wildman–Crippen LogP) is 2.25. The van der Waals surface area contributed by atoms with Crippen molar-refractivity contribution in [1.29, 1.82) is 0 Å². The Morgan fingerprint density at radius 2 is 0.900 bits per heavy atom. The second kappa shape index (κ2) is 10.1. The molecule has 0 heterocycles. The van der Waals surface area contributed by atoms with Gasteiger partial charge < -0.3 is 21.9 Å². The standard InChI is InChI=1S/C27H27NP.BrH/c1-28(2)24-20-18-23(19-21-24)22-29(25-12-6-3-7-13-25,26-14-8-4-9-15-26)27-16-10-5-11-17-27;/h3-21H,22H2,1-2H3;1H/q+1;/p-1. The first-order chi connectivity index (χ1) is 14.2. The van der Waals surface area contributed by atoms with Crippen molar-refractivity contribution < 1.29 is 17.0 Å². The minimum atomic E-state index is -1.83. The lowest BCUT2D eigenvalue weighted by molar-refractivity contribution is -0.00000573. The van der Waals surface area contributed by atoms with Crippen LogP contribution in [0.4, 0.5) is 5.69 Å². The van der Waals surface area contributed by atoms with Crippen LogP contribution in [0, 0.1) is 0 Å². The average Bonchev–Trinajstić information content (AvgIpc) is 2.79. The third-order valence-corrected chi connectivity index (χ3v) is 9.84. The van der Waals surface area contributed by atoms with Gasteiger partial charge in [0.25, 0.3) is 0 Å². The van der Waals surface area contributed by atoms with Gasteiger partial charge in [0, 0.05) is 19.8 Å². The van der Waals surface area contributed by atoms with Gasteiger partial charge in [-0.1, -0.05) is 66.7 Å². The van der Waals surface area contributed by atoms with E-state index in [2.05, 4.69) is 134 Å². The summed E-state index contributed by atoms with van der Waals surface area (Å²) in [6.45, 7) is 0. The lowest BCUT2D eigenvalue weighted by Crippen LogP contribution is -3.00. The molecule has 0 unspecified atom stereocenters. The van der Waals surface area contributed by atoms with Crippen molar-refractivity contribution >= 4 is 28.9 Å². The first kappa shape index (κ1) is 22.3. The lowest BCUT2D eigenvalue weighted by Gasteiger charge is -2.28. The highest BCUT2D eigenvalue weighted by atomic mass is 79.9. The summed E-state index contributed by atoms with van der Waals surface area (Å²) in [4.78, 5) is 2.15. The van der Waals surface area contributed by atoms with Crippen LogP contribution in [0.15, 0.2) is 115 Å². The molecule has 4 rings (SSSR count). The zero-order valence-corrected chi connectivity index (χ0v) is 19.9. The highest BCUT2D eigenvalue weighted by Gasteiger charge is 2.45. The number of anilines is 1. The third kappa shape index (κ3) is 4.51. The van der Waals surface area contributed by atoms with Gasteiger partial charge in [0.1, 0.15) is 23.2 Å². The second-order valence-electron chi connectivity index (χ2n) is 7.54. The minimum absolute atomic E-state index is 0. The number of hydrogen-bond acceptors (Lipinski definition) is 1. The normalized spacial score (nSPS) is 10.9. The highest BCUT2D eigenvalue weighted by Crippen LogP contribution is 2.58. The van der Waals surface area contributed by atoms with Gasteiger partial charge in [0.2, 0.25) is 0 Å². The lowest BCUT2D eigenvalue weighted by atomic mass is 10.2. The van der Waals surface area contributed by atoms with Crippen molar-refractivity contribution in [3.63, 3.8) is 0 Å². The van der Waals surface area contributed by atoms with Crippen molar-refractivity contribution in [3.8, 4) is 0 Å². The number of benzene rings is 4. The molecule has 0 bridgehead atoms. The van der Waals surface area contributed by atoms with Gasteiger partial charge in [0.05, 0.1) is 6.16 Å². The summed E-state index contributed by atoms with van der Waals surface area (Å²) in [6.07, 6.45) is 1.01. The Hall–Kier alpha value is -2.41. The summed E-state index contributed by atoms with van der Waals surface area (Å²) in [5.41, 5.74) is 2.61. The molecule has 0 amide bonds. The van der Waals surface area contributed by atoms with E-state index in [1.165, 1.54) is 27.2 Å². The number of nitrogens with zero attached hydrogens (tertiary/aromatic N) is 1. The third-order valence-electron chi connectivity index (χ3n) is 5.46. The van der Waals surface area contributed by atoms with Crippen molar-refractivity contribution in [1.82, 2.24) is 0 Å². The van der Waals surface area contributed by atoms with Crippen molar-refractivity contribution in [2.45, 2.75) is 6.16 Å².